The Bertz CT molecular complexity index is 1080. The van der Waals surface area contributed by atoms with Crippen molar-refractivity contribution in [2.75, 3.05) is 45.8 Å². The fourth-order valence-corrected chi connectivity index (χ4v) is 5.03. The molecule has 4 rings (SSSR count). The monoisotopic (exact) mass is 530 g/mol. The van der Waals surface area contributed by atoms with Crippen molar-refractivity contribution >= 4 is 39.3 Å². The number of ether oxygens (including phenoxy) is 3. The van der Waals surface area contributed by atoms with Gasteiger partial charge in [-0.25, -0.2) is 9.97 Å². The molecule has 1 aromatic heterocycles. The lowest BCUT2D eigenvalue weighted by molar-refractivity contribution is 0.228. The Morgan fingerprint density at radius 1 is 1.06 bits per heavy atom. The lowest BCUT2D eigenvalue weighted by Crippen LogP contribution is -2.25. The first-order chi connectivity index (χ1) is 16.1. The van der Waals surface area contributed by atoms with Crippen molar-refractivity contribution in [3.63, 3.8) is 0 Å². The molecule has 0 amide bonds. The van der Waals surface area contributed by atoms with Gasteiger partial charge in [0.05, 0.1) is 14.2 Å². The molecule has 1 saturated heterocycles. The van der Waals surface area contributed by atoms with Crippen molar-refractivity contribution in [2.45, 2.75) is 22.8 Å². The van der Waals surface area contributed by atoms with Gasteiger partial charge in [0.25, 0.3) is 0 Å². The molecule has 0 radical (unpaired) electrons. The number of methoxy groups -OCH3 is 2. The molecule has 9 heteroatoms. The summed E-state index contributed by atoms with van der Waals surface area (Å²) < 4.78 is 18.2. The second kappa shape index (κ2) is 11.6. The first-order valence-corrected chi connectivity index (χ1v) is 12.4. The number of likely N-dealkylation sites (tertiary alicyclic amines) is 1. The summed E-state index contributed by atoms with van der Waals surface area (Å²) in [5.41, 5.74) is 0.758. The van der Waals surface area contributed by atoms with E-state index in [-0.39, 0.29) is 0 Å². The summed E-state index contributed by atoms with van der Waals surface area (Å²) in [4.78, 5) is 12.5. The first kappa shape index (κ1) is 23.7. The van der Waals surface area contributed by atoms with Crippen LogP contribution < -0.4 is 19.5 Å². The average molecular weight is 531 g/mol. The molecule has 1 N–H and O–H groups in total. The van der Waals surface area contributed by atoms with Crippen LogP contribution in [-0.4, -0.2) is 55.3 Å². The third-order valence-electron chi connectivity index (χ3n) is 5.21. The summed E-state index contributed by atoms with van der Waals surface area (Å²) in [6.45, 7) is 3.74. The van der Waals surface area contributed by atoms with Crippen LogP contribution >= 0.6 is 27.7 Å². The van der Waals surface area contributed by atoms with Crippen molar-refractivity contribution in [1.82, 2.24) is 14.9 Å². The van der Waals surface area contributed by atoms with Gasteiger partial charge in [-0.2, -0.15) is 0 Å². The first-order valence-electron chi connectivity index (χ1n) is 10.8. The summed E-state index contributed by atoms with van der Waals surface area (Å²) in [6.07, 6.45) is 4.26. The zero-order valence-electron chi connectivity index (χ0n) is 18.7. The molecule has 0 bridgehead atoms. The predicted molar refractivity (Wildman–Crippen MR) is 134 cm³/mol. The van der Waals surface area contributed by atoms with E-state index in [2.05, 4.69) is 42.2 Å². The van der Waals surface area contributed by atoms with E-state index in [0.717, 1.165) is 39.7 Å². The standard InChI is InChI=1S/C24H27BrN4O3S/c1-30-20-15-18(16-21(23(20)31-2)32-13-12-29-10-3-4-11-29)27-24-26-9-8-22(28-24)33-19-7-5-6-17(25)14-19/h5-9,14-16H,3-4,10-13H2,1-2H3,(H,26,27,28). The molecule has 0 aliphatic carbocycles. The molecule has 174 valence electrons. The van der Waals surface area contributed by atoms with Gasteiger partial charge in [0.1, 0.15) is 11.6 Å². The number of benzene rings is 2. The van der Waals surface area contributed by atoms with Crippen molar-refractivity contribution < 1.29 is 14.2 Å². The van der Waals surface area contributed by atoms with Crippen LogP contribution in [0.25, 0.3) is 0 Å². The summed E-state index contributed by atoms with van der Waals surface area (Å²) in [5.74, 6) is 2.27. The highest BCUT2D eigenvalue weighted by Gasteiger charge is 2.16. The number of aromatic nitrogens is 2. The van der Waals surface area contributed by atoms with Crippen molar-refractivity contribution in [1.29, 1.82) is 0 Å². The van der Waals surface area contributed by atoms with E-state index in [9.17, 15) is 0 Å². The number of rotatable bonds is 10. The Labute approximate surface area is 207 Å². The lowest BCUT2D eigenvalue weighted by Gasteiger charge is -2.18. The van der Waals surface area contributed by atoms with Crippen LogP contribution in [0.1, 0.15) is 12.8 Å². The Morgan fingerprint density at radius 3 is 2.64 bits per heavy atom. The van der Waals surface area contributed by atoms with E-state index in [0.29, 0.717) is 29.8 Å². The zero-order valence-corrected chi connectivity index (χ0v) is 21.1. The molecular weight excluding hydrogens is 504 g/mol. The largest absolute Gasteiger partial charge is 0.493 e. The van der Waals surface area contributed by atoms with E-state index in [1.54, 1.807) is 32.2 Å². The van der Waals surface area contributed by atoms with E-state index in [1.807, 2.05) is 36.4 Å². The topological polar surface area (TPSA) is 68.7 Å². The molecule has 1 aliphatic rings. The predicted octanol–water partition coefficient (Wildman–Crippen LogP) is 5.63. The molecule has 3 aromatic rings. The number of hydrogen-bond acceptors (Lipinski definition) is 8. The quantitative estimate of drug-likeness (QED) is 0.338. The second-order valence-corrected chi connectivity index (χ2v) is 9.52. The van der Waals surface area contributed by atoms with Gasteiger partial charge in [0.15, 0.2) is 11.5 Å². The smallest absolute Gasteiger partial charge is 0.228 e. The third kappa shape index (κ3) is 6.52. The van der Waals surface area contributed by atoms with Crippen LogP contribution in [0.3, 0.4) is 0 Å². The Morgan fingerprint density at radius 2 is 1.88 bits per heavy atom. The fourth-order valence-electron chi connectivity index (χ4n) is 3.64. The van der Waals surface area contributed by atoms with E-state index in [4.69, 9.17) is 14.2 Å². The molecule has 7 nitrogen and oxygen atoms in total. The summed E-state index contributed by atoms with van der Waals surface area (Å²) >= 11 is 5.08. The van der Waals surface area contributed by atoms with Gasteiger partial charge in [0, 0.05) is 39.9 Å². The zero-order chi connectivity index (χ0) is 23.0. The van der Waals surface area contributed by atoms with Crippen LogP contribution in [0.2, 0.25) is 0 Å². The van der Waals surface area contributed by atoms with Crippen molar-refractivity contribution in [3.05, 3.63) is 53.1 Å². The molecule has 0 spiro atoms. The van der Waals surface area contributed by atoms with Crippen LogP contribution in [0.15, 0.2) is 63.1 Å². The Hall–Kier alpha value is -2.49. The highest BCUT2D eigenvalue weighted by Crippen LogP contribution is 2.41. The number of anilines is 2. The third-order valence-corrected chi connectivity index (χ3v) is 6.63. The van der Waals surface area contributed by atoms with Gasteiger partial charge < -0.3 is 19.5 Å². The van der Waals surface area contributed by atoms with E-state index >= 15 is 0 Å². The van der Waals surface area contributed by atoms with Gasteiger partial charge in [-0.05, 0) is 50.2 Å². The highest BCUT2D eigenvalue weighted by molar-refractivity contribution is 9.10. The van der Waals surface area contributed by atoms with Crippen molar-refractivity contribution in [2.24, 2.45) is 0 Å². The van der Waals surface area contributed by atoms with Gasteiger partial charge in [-0.1, -0.05) is 33.8 Å². The van der Waals surface area contributed by atoms with Crippen LogP contribution in [-0.2, 0) is 0 Å². The normalized spacial score (nSPS) is 13.7. The summed E-state index contributed by atoms with van der Waals surface area (Å²) in [7, 11) is 3.23. The minimum absolute atomic E-state index is 0.491. The molecule has 1 fully saturated rings. The minimum atomic E-state index is 0.491. The molecule has 0 unspecified atom stereocenters. The highest BCUT2D eigenvalue weighted by atomic mass is 79.9. The molecule has 1 aliphatic heterocycles. The van der Waals surface area contributed by atoms with E-state index < -0.39 is 0 Å². The summed E-state index contributed by atoms with van der Waals surface area (Å²) in [5, 5.41) is 4.11. The number of nitrogens with zero attached hydrogens (tertiary/aromatic N) is 3. The maximum Gasteiger partial charge on any atom is 0.228 e. The maximum absolute atomic E-state index is 6.09. The second-order valence-electron chi connectivity index (χ2n) is 7.51. The Balaban J connectivity index is 1.49. The SMILES string of the molecule is COc1cc(Nc2nccc(Sc3cccc(Br)c3)n2)cc(OCCN2CCCC2)c1OC. The van der Waals surface area contributed by atoms with Crippen LogP contribution in [0.4, 0.5) is 11.6 Å². The van der Waals surface area contributed by atoms with Crippen molar-refractivity contribution in [3.8, 4) is 17.2 Å². The minimum Gasteiger partial charge on any atom is -0.493 e. The van der Waals surface area contributed by atoms with Gasteiger partial charge in [-0.15, -0.1) is 0 Å². The Kier molecular flexibility index (Phi) is 8.30. The molecule has 0 saturated carbocycles. The molecule has 0 atom stereocenters. The van der Waals surface area contributed by atoms with Gasteiger partial charge >= 0.3 is 0 Å². The van der Waals surface area contributed by atoms with Gasteiger partial charge in [0.2, 0.25) is 11.7 Å². The fraction of sp³-hybridized carbons (Fsp3) is 0.333. The van der Waals surface area contributed by atoms with E-state index in [1.165, 1.54) is 12.8 Å². The molecular formula is C24H27BrN4O3S. The van der Waals surface area contributed by atoms with Gasteiger partial charge in [-0.3, -0.25) is 4.90 Å². The summed E-state index contributed by atoms with van der Waals surface area (Å²) in [6, 6.07) is 13.7. The molecule has 33 heavy (non-hydrogen) atoms. The maximum atomic E-state index is 6.09. The number of nitrogens with one attached hydrogen (secondary N) is 1. The van der Waals surface area contributed by atoms with Crippen LogP contribution in [0.5, 0.6) is 17.2 Å². The molecule has 2 heterocycles. The average Bonchev–Trinajstić information content (AvgIpc) is 3.32. The van der Waals surface area contributed by atoms with Crippen LogP contribution in [0, 0.1) is 0 Å². The number of halogens is 1. The lowest BCUT2D eigenvalue weighted by atomic mass is 10.2. The molecule has 2 aromatic carbocycles. The number of hydrogen-bond donors (Lipinski definition) is 1.